The van der Waals surface area contributed by atoms with Crippen LogP contribution >= 0.6 is 0 Å². The highest BCUT2D eigenvalue weighted by Gasteiger charge is 2.19. The van der Waals surface area contributed by atoms with Crippen molar-refractivity contribution in [2.75, 3.05) is 7.11 Å². The number of ether oxygens (including phenoxy) is 1. The zero-order valence-corrected chi connectivity index (χ0v) is 15.3. The smallest absolute Gasteiger partial charge is 0.261 e. The first-order valence-electron chi connectivity index (χ1n) is 8.69. The lowest BCUT2D eigenvalue weighted by molar-refractivity contribution is 0.414. The molecule has 0 N–H and O–H groups in total. The van der Waals surface area contributed by atoms with Crippen molar-refractivity contribution in [1.82, 2.24) is 28.9 Å². The van der Waals surface area contributed by atoms with Gasteiger partial charge in [0.2, 0.25) is 0 Å². The van der Waals surface area contributed by atoms with Gasteiger partial charge in [-0.05, 0) is 36.4 Å². The molecule has 0 unspecified atom stereocenters. The van der Waals surface area contributed by atoms with E-state index in [0.717, 1.165) is 17.0 Å². The summed E-state index contributed by atoms with van der Waals surface area (Å²) < 4.78 is 10.4. The first-order valence-corrected chi connectivity index (χ1v) is 8.69. The Kier molecular flexibility index (Phi) is 3.51. The summed E-state index contributed by atoms with van der Waals surface area (Å²) in [6.07, 6.45) is 3.37. The van der Waals surface area contributed by atoms with Gasteiger partial charge in [0.15, 0.2) is 0 Å². The lowest BCUT2D eigenvalue weighted by Crippen LogP contribution is -2.19. The van der Waals surface area contributed by atoms with Gasteiger partial charge in [-0.15, -0.1) is 5.10 Å². The van der Waals surface area contributed by atoms with Crippen LogP contribution in [0.15, 0.2) is 65.8 Å². The van der Waals surface area contributed by atoms with Gasteiger partial charge in [0.25, 0.3) is 5.56 Å². The van der Waals surface area contributed by atoms with Gasteiger partial charge in [-0.3, -0.25) is 13.8 Å². The average Bonchev–Trinajstić information content (AvgIpc) is 3.39. The molecule has 28 heavy (non-hydrogen) atoms. The summed E-state index contributed by atoms with van der Waals surface area (Å²) in [5, 5.41) is 8.91. The van der Waals surface area contributed by atoms with Gasteiger partial charge in [0.05, 0.1) is 29.9 Å². The maximum atomic E-state index is 12.9. The number of para-hydroxylation sites is 1. The normalized spacial score (nSPS) is 11.4. The molecular weight excluding hydrogens is 356 g/mol. The van der Waals surface area contributed by atoms with Crippen LogP contribution in [0.2, 0.25) is 0 Å². The fourth-order valence-corrected chi connectivity index (χ4v) is 3.47. The Morgan fingerprint density at radius 2 is 1.82 bits per heavy atom. The summed E-state index contributed by atoms with van der Waals surface area (Å²) in [4.78, 5) is 17.4. The van der Waals surface area contributed by atoms with Gasteiger partial charge in [-0.2, -0.15) is 0 Å². The monoisotopic (exact) mass is 372 g/mol. The molecular formula is C20H16N6O2. The molecule has 8 heteroatoms. The number of imidazole rings is 1. The van der Waals surface area contributed by atoms with Crippen molar-refractivity contribution >= 4 is 16.6 Å². The van der Waals surface area contributed by atoms with E-state index in [1.54, 1.807) is 35.9 Å². The Labute approximate surface area is 159 Å². The van der Waals surface area contributed by atoms with Gasteiger partial charge in [-0.25, -0.2) is 9.67 Å². The second-order valence-corrected chi connectivity index (χ2v) is 6.40. The Bertz CT molecular complexity index is 1380. The molecule has 0 spiro atoms. The largest absolute Gasteiger partial charge is 0.497 e. The van der Waals surface area contributed by atoms with E-state index < -0.39 is 0 Å². The van der Waals surface area contributed by atoms with E-state index in [2.05, 4.69) is 15.3 Å². The number of nitrogens with zero attached hydrogens (tertiary/aromatic N) is 6. The number of aromatic nitrogens is 6. The van der Waals surface area contributed by atoms with Crippen molar-refractivity contribution in [3.05, 3.63) is 71.4 Å². The van der Waals surface area contributed by atoms with E-state index in [-0.39, 0.29) is 5.56 Å². The summed E-state index contributed by atoms with van der Waals surface area (Å²) in [7, 11) is 3.37. The van der Waals surface area contributed by atoms with Crippen molar-refractivity contribution in [3.8, 4) is 22.8 Å². The highest BCUT2D eigenvalue weighted by atomic mass is 16.5. The second kappa shape index (κ2) is 6.05. The molecule has 5 aromatic rings. The SMILES string of the molecule is COc1ccc(-n2nncc2-c2ncn3c4ccccc4c(=O)n(C)c23)cc1. The fraction of sp³-hybridized carbons (Fsp3) is 0.100. The third-order valence-electron chi connectivity index (χ3n) is 4.87. The van der Waals surface area contributed by atoms with Crippen LogP contribution in [-0.4, -0.2) is 36.1 Å². The van der Waals surface area contributed by atoms with Gasteiger partial charge in [-0.1, -0.05) is 17.3 Å². The minimum Gasteiger partial charge on any atom is -0.497 e. The maximum absolute atomic E-state index is 12.9. The lowest BCUT2D eigenvalue weighted by Gasteiger charge is -2.09. The standard InChI is InChI=1S/C20H16N6O2/c1-24-19-18(21-12-25(19)16-6-4-3-5-15(16)20(24)27)17-11-22-23-26(17)13-7-9-14(28-2)10-8-13/h3-12H,1-2H3. The van der Waals surface area contributed by atoms with Crippen molar-refractivity contribution < 1.29 is 4.74 Å². The maximum Gasteiger partial charge on any atom is 0.261 e. The fourth-order valence-electron chi connectivity index (χ4n) is 3.47. The number of fused-ring (bicyclic) bond motifs is 3. The van der Waals surface area contributed by atoms with Crippen LogP contribution in [0, 0.1) is 0 Å². The molecule has 0 saturated carbocycles. The van der Waals surface area contributed by atoms with E-state index in [9.17, 15) is 4.79 Å². The zero-order chi connectivity index (χ0) is 19.3. The number of aryl methyl sites for hydroxylation is 1. The summed E-state index contributed by atoms with van der Waals surface area (Å²) >= 11 is 0. The van der Waals surface area contributed by atoms with Crippen LogP contribution in [-0.2, 0) is 7.05 Å². The molecule has 0 aliphatic carbocycles. The quantitative estimate of drug-likeness (QED) is 0.486. The number of methoxy groups -OCH3 is 1. The molecule has 3 heterocycles. The first kappa shape index (κ1) is 16.2. The summed E-state index contributed by atoms with van der Waals surface area (Å²) in [6, 6.07) is 15.0. The van der Waals surface area contributed by atoms with Crippen LogP contribution in [0.1, 0.15) is 0 Å². The number of hydrogen-bond acceptors (Lipinski definition) is 5. The summed E-state index contributed by atoms with van der Waals surface area (Å²) in [6.45, 7) is 0. The number of rotatable bonds is 3. The van der Waals surface area contributed by atoms with Crippen LogP contribution in [0.25, 0.3) is 33.6 Å². The van der Waals surface area contributed by atoms with E-state index >= 15 is 0 Å². The molecule has 0 aliphatic heterocycles. The predicted molar refractivity (Wildman–Crippen MR) is 105 cm³/mol. The molecule has 0 saturated heterocycles. The van der Waals surface area contributed by atoms with E-state index in [1.165, 1.54) is 0 Å². The molecule has 0 fully saturated rings. The van der Waals surface area contributed by atoms with E-state index in [4.69, 9.17) is 4.74 Å². The predicted octanol–water partition coefficient (Wildman–Crippen LogP) is 2.44. The molecule has 3 aromatic heterocycles. The molecule has 0 atom stereocenters. The van der Waals surface area contributed by atoms with Crippen LogP contribution in [0.4, 0.5) is 0 Å². The molecule has 8 nitrogen and oxygen atoms in total. The Hall–Kier alpha value is -3.94. The molecule has 138 valence electrons. The first-order chi connectivity index (χ1) is 13.7. The minimum atomic E-state index is -0.0756. The molecule has 0 bridgehead atoms. The third kappa shape index (κ3) is 2.24. The Morgan fingerprint density at radius 1 is 1.04 bits per heavy atom. The van der Waals surface area contributed by atoms with Gasteiger partial charge < -0.3 is 4.74 Å². The summed E-state index contributed by atoms with van der Waals surface area (Å²) in [5.74, 6) is 0.756. The minimum absolute atomic E-state index is 0.0756. The average molecular weight is 372 g/mol. The molecule has 0 aliphatic rings. The number of benzene rings is 2. The van der Waals surface area contributed by atoms with Crippen LogP contribution < -0.4 is 10.3 Å². The Balaban J connectivity index is 1.78. The van der Waals surface area contributed by atoms with Crippen molar-refractivity contribution in [1.29, 1.82) is 0 Å². The highest BCUT2D eigenvalue weighted by molar-refractivity contribution is 5.84. The zero-order valence-electron chi connectivity index (χ0n) is 15.3. The third-order valence-corrected chi connectivity index (χ3v) is 4.87. The summed E-state index contributed by atoms with van der Waals surface area (Å²) in [5.41, 5.74) is 3.56. The van der Waals surface area contributed by atoms with Crippen LogP contribution in [0.5, 0.6) is 5.75 Å². The van der Waals surface area contributed by atoms with Gasteiger partial charge >= 0.3 is 0 Å². The molecule has 5 rings (SSSR count). The second-order valence-electron chi connectivity index (χ2n) is 6.40. The van der Waals surface area contributed by atoms with Crippen LogP contribution in [0.3, 0.4) is 0 Å². The van der Waals surface area contributed by atoms with E-state index in [0.29, 0.717) is 22.4 Å². The van der Waals surface area contributed by atoms with E-state index in [1.807, 2.05) is 52.9 Å². The number of hydrogen-bond donors (Lipinski definition) is 0. The molecule has 0 radical (unpaired) electrons. The van der Waals surface area contributed by atoms with Crippen molar-refractivity contribution in [2.45, 2.75) is 0 Å². The lowest BCUT2D eigenvalue weighted by atomic mass is 10.2. The molecule has 0 amide bonds. The molecule has 2 aromatic carbocycles. The van der Waals surface area contributed by atoms with Gasteiger partial charge in [0.1, 0.15) is 29.1 Å². The van der Waals surface area contributed by atoms with Crippen molar-refractivity contribution in [3.63, 3.8) is 0 Å². The van der Waals surface area contributed by atoms with Gasteiger partial charge in [0, 0.05) is 7.05 Å². The Morgan fingerprint density at radius 3 is 2.61 bits per heavy atom. The topological polar surface area (TPSA) is 79.2 Å². The van der Waals surface area contributed by atoms with Crippen molar-refractivity contribution in [2.24, 2.45) is 7.05 Å². The highest BCUT2D eigenvalue weighted by Crippen LogP contribution is 2.26.